The van der Waals surface area contributed by atoms with E-state index in [1.54, 1.807) is 30.9 Å². The van der Waals surface area contributed by atoms with Gasteiger partial charge >= 0.3 is 0 Å². The van der Waals surface area contributed by atoms with Crippen LogP contribution < -0.4 is 20.9 Å². The van der Waals surface area contributed by atoms with Crippen LogP contribution in [0.1, 0.15) is 56.6 Å². The predicted molar refractivity (Wildman–Crippen MR) is 182 cm³/mol. The van der Waals surface area contributed by atoms with Crippen LogP contribution in [0.15, 0.2) is 66.9 Å². The molecule has 1 aliphatic carbocycles. The van der Waals surface area contributed by atoms with Crippen molar-refractivity contribution in [2.45, 2.75) is 76.4 Å². The molecule has 1 saturated heterocycles. The first-order valence-electron chi connectivity index (χ1n) is 16.8. The van der Waals surface area contributed by atoms with E-state index < -0.39 is 12.1 Å². The third-order valence-electron chi connectivity index (χ3n) is 9.35. The Morgan fingerprint density at radius 3 is 2.43 bits per heavy atom. The number of aryl methyl sites for hydroxylation is 1. The zero-order valence-electron chi connectivity index (χ0n) is 27.4. The molecule has 1 aromatic heterocycles. The molecule has 2 aromatic carbocycles. The highest BCUT2D eigenvalue weighted by molar-refractivity contribution is 6.00. The van der Waals surface area contributed by atoms with Gasteiger partial charge in [0.25, 0.3) is 0 Å². The molecule has 3 aromatic rings. The second-order valence-electron chi connectivity index (χ2n) is 12.7. The van der Waals surface area contributed by atoms with Crippen molar-refractivity contribution < 1.29 is 19.2 Å². The molecule has 5 rings (SSSR count). The van der Waals surface area contributed by atoms with Crippen molar-refractivity contribution in [1.29, 1.82) is 0 Å². The molecule has 2 aliphatic rings. The molecular weight excluding hydrogens is 594 g/mol. The van der Waals surface area contributed by atoms with Crippen LogP contribution in [-0.4, -0.2) is 76.6 Å². The van der Waals surface area contributed by atoms with Gasteiger partial charge in [0.05, 0.1) is 6.20 Å². The molecule has 3 N–H and O–H groups in total. The highest BCUT2D eigenvalue weighted by Crippen LogP contribution is 2.31. The van der Waals surface area contributed by atoms with E-state index in [4.69, 9.17) is 0 Å². The highest BCUT2D eigenvalue weighted by atomic mass is 16.2. The van der Waals surface area contributed by atoms with Crippen molar-refractivity contribution in [3.05, 3.63) is 78.0 Å². The van der Waals surface area contributed by atoms with E-state index in [1.807, 2.05) is 47.4 Å². The number of anilines is 2. The van der Waals surface area contributed by atoms with E-state index in [0.29, 0.717) is 37.6 Å². The fraction of sp³-hybridized carbons (Fsp3) is 0.472. The molecule has 11 nitrogen and oxygen atoms in total. The first kappa shape index (κ1) is 33.8. The summed E-state index contributed by atoms with van der Waals surface area (Å²) in [6.45, 7) is 3.61. The number of carbonyl (C=O) groups is 4. The van der Waals surface area contributed by atoms with Gasteiger partial charge in [-0.05, 0) is 48.4 Å². The topological polar surface area (TPSA) is 129 Å². The average molecular weight is 642 g/mol. The van der Waals surface area contributed by atoms with Crippen molar-refractivity contribution in [1.82, 2.24) is 25.3 Å². The summed E-state index contributed by atoms with van der Waals surface area (Å²) in [5, 5.41) is 13.7. The van der Waals surface area contributed by atoms with Crippen LogP contribution in [0.3, 0.4) is 0 Å². The standard InChI is InChI=1S/C36H47N7O4/c1-3-32(45)40-31(36(47)42-21-20-37-30(24-42)22-26-10-6-4-7-11-26)23-27-14-16-29(17-15-27)39-35(46)34(28-12-8-5-9-13-28)43(25-44)33-18-19-38-41(33)2/h4,6-7,10-11,14-19,25,28,30-31,34,37H,3,5,8-9,12-13,20-24H2,1-2H3,(H,39,46)(H,40,45)/t30-,31+,34-/m0/s1. The maximum Gasteiger partial charge on any atom is 0.247 e. The number of rotatable bonds is 13. The molecule has 0 spiro atoms. The lowest BCUT2D eigenvalue weighted by atomic mass is 9.82. The van der Waals surface area contributed by atoms with Gasteiger partial charge in [-0.2, -0.15) is 5.10 Å². The summed E-state index contributed by atoms with van der Waals surface area (Å²) in [6, 6.07) is 18.1. The van der Waals surface area contributed by atoms with Crippen molar-refractivity contribution in [3.63, 3.8) is 0 Å². The van der Waals surface area contributed by atoms with E-state index in [9.17, 15) is 19.2 Å². The Bertz CT molecular complexity index is 1490. The number of piperazine rings is 1. The van der Waals surface area contributed by atoms with Crippen LogP contribution in [0.25, 0.3) is 0 Å². The van der Waals surface area contributed by atoms with Gasteiger partial charge < -0.3 is 20.9 Å². The molecule has 250 valence electrons. The fourth-order valence-electron chi connectivity index (χ4n) is 6.85. The van der Waals surface area contributed by atoms with Gasteiger partial charge in [-0.1, -0.05) is 68.7 Å². The van der Waals surface area contributed by atoms with Gasteiger partial charge in [0, 0.05) is 57.3 Å². The number of aromatic nitrogens is 2. The highest BCUT2D eigenvalue weighted by Gasteiger charge is 2.36. The van der Waals surface area contributed by atoms with Crippen molar-refractivity contribution in [2.75, 3.05) is 29.9 Å². The molecule has 0 bridgehead atoms. The monoisotopic (exact) mass is 641 g/mol. The van der Waals surface area contributed by atoms with E-state index in [2.05, 4.69) is 33.2 Å². The number of hydrogen-bond donors (Lipinski definition) is 3. The van der Waals surface area contributed by atoms with Crippen LogP contribution in [0.2, 0.25) is 0 Å². The molecule has 3 atom stereocenters. The lowest BCUT2D eigenvalue weighted by Gasteiger charge is -2.36. The average Bonchev–Trinajstić information content (AvgIpc) is 3.53. The summed E-state index contributed by atoms with van der Waals surface area (Å²) in [5.74, 6) is 0.0920. The fourth-order valence-corrected chi connectivity index (χ4v) is 6.85. The minimum absolute atomic E-state index is 0.0364. The molecular formula is C36H47N7O4. The SMILES string of the molecule is CCC(=O)N[C@H](Cc1ccc(NC(=O)[C@H](C2CCCCC2)N(C=O)c2ccnn2C)cc1)C(=O)N1CCN[C@@H](Cc2ccccc2)C1. The Hall–Kier alpha value is -4.51. The van der Waals surface area contributed by atoms with Gasteiger partial charge in [0.15, 0.2) is 0 Å². The Balaban J connectivity index is 1.26. The molecule has 11 heteroatoms. The minimum atomic E-state index is -0.700. The maximum atomic E-state index is 13.8. The molecule has 1 saturated carbocycles. The van der Waals surface area contributed by atoms with Gasteiger partial charge in [-0.25, -0.2) is 0 Å². The lowest BCUT2D eigenvalue weighted by molar-refractivity contribution is -0.137. The first-order valence-corrected chi connectivity index (χ1v) is 16.8. The van der Waals surface area contributed by atoms with Crippen LogP contribution in [0.5, 0.6) is 0 Å². The summed E-state index contributed by atoms with van der Waals surface area (Å²) in [5.41, 5.74) is 2.67. The molecule has 47 heavy (non-hydrogen) atoms. The van der Waals surface area contributed by atoms with E-state index >= 15 is 0 Å². The van der Waals surface area contributed by atoms with Gasteiger partial charge in [0.2, 0.25) is 24.1 Å². The minimum Gasteiger partial charge on any atom is -0.344 e. The third-order valence-corrected chi connectivity index (χ3v) is 9.35. The van der Waals surface area contributed by atoms with Crippen LogP contribution in [0.4, 0.5) is 11.5 Å². The van der Waals surface area contributed by atoms with Gasteiger partial charge in [-0.15, -0.1) is 0 Å². The Morgan fingerprint density at radius 2 is 1.77 bits per heavy atom. The number of nitrogens with zero attached hydrogens (tertiary/aromatic N) is 4. The van der Waals surface area contributed by atoms with Gasteiger partial charge in [0.1, 0.15) is 17.9 Å². The maximum absolute atomic E-state index is 13.8. The van der Waals surface area contributed by atoms with E-state index in [0.717, 1.165) is 50.5 Å². The predicted octanol–water partition coefficient (Wildman–Crippen LogP) is 3.45. The van der Waals surface area contributed by atoms with E-state index in [1.165, 1.54) is 10.5 Å². The third kappa shape index (κ3) is 8.85. The molecule has 2 heterocycles. The van der Waals surface area contributed by atoms with Crippen LogP contribution in [0, 0.1) is 5.92 Å². The molecule has 2 fully saturated rings. The summed E-state index contributed by atoms with van der Waals surface area (Å²) in [7, 11) is 1.76. The molecule has 1 aliphatic heterocycles. The van der Waals surface area contributed by atoms with E-state index in [-0.39, 0.29) is 36.1 Å². The number of hydrogen-bond acceptors (Lipinski definition) is 6. The second-order valence-corrected chi connectivity index (χ2v) is 12.7. The summed E-state index contributed by atoms with van der Waals surface area (Å²) in [4.78, 5) is 55.8. The van der Waals surface area contributed by atoms with Crippen molar-refractivity contribution >= 4 is 35.6 Å². The zero-order chi connectivity index (χ0) is 33.2. The summed E-state index contributed by atoms with van der Waals surface area (Å²) in [6.07, 6.45) is 8.70. The quantitative estimate of drug-likeness (QED) is 0.246. The number of carbonyl (C=O) groups excluding carboxylic acids is 4. The second kappa shape index (κ2) is 16.4. The zero-order valence-corrected chi connectivity index (χ0v) is 27.4. The molecule has 4 amide bonds. The van der Waals surface area contributed by atoms with Crippen LogP contribution >= 0.6 is 0 Å². The van der Waals surface area contributed by atoms with Crippen molar-refractivity contribution in [2.24, 2.45) is 13.0 Å². The number of benzene rings is 2. The Labute approximate surface area is 277 Å². The molecule has 0 radical (unpaired) electrons. The molecule has 0 unspecified atom stereocenters. The number of nitrogens with one attached hydrogen (secondary N) is 3. The first-order chi connectivity index (χ1) is 22.9. The number of amides is 4. The Morgan fingerprint density at radius 1 is 1.02 bits per heavy atom. The van der Waals surface area contributed by atoms with Gasteiger partial charge in [-0.3, -0.25) is 28.8 Å². The van der Waals surface area contributed by atoms with Crippen molar-refractivity contribution in [3.8, 4) is 0 Å². The summed E-state index contributed by atoms with van der Waals surface area (Å²) >= 11 is 0. The van der Waals surface area contributed by atoms with Crippen LogP contribution in [-0.2, 0) is 39.1 Å². The largest absolute Gasteiger partial charge is 0.344 e. The Kier molecular flexibility index (Phi) is 11.8. The lowest BCUT2D eigenvalue weighted by Crippen LogP contribution is -2.58. The normalized spacial score (nSPS) is 18.2. The summed E-state index contributed by atoms with van der Waals surface area (Å²) < 4.78 is 1.60. The smallest absolute Gasteiger partial charge is 0.247 e.